The van der Waals surface area contributed by atoms with E-state index in [0.29, 0.717) is 21.8 Å². The van der Waals surface area contributed by atoms with Gasteiger partial charge in [-0.1, -0.05) is 36.1 Å². The summed E-state index contributed by atoms with van der Waals surface area (Å²) in [5.41, 5.74) is 0.256. The van der Waals surface area contributed by atoms with Crippen molar-refractivity contribution in [2.45, 2.75) is 68.1 Å². The number of halogens is 2. The van der Waals surface area contributed by atoms with Gasteiger partial charge >= 0.3 is 12.0 Å². The molecule has 11 heteroatoms. The van der Waals surface area contributed by atoms with Gasteiger partial charge in [0.25, 0.3) is 0 Å². The number of carboxylic acids is 1. The third-order valence-corrected chi connectivity index (χ3v) is 8.20. The first-order chi connectivity index (χ1) is 16.5. The van der Waals surface area contributed by atoms with Crippen LogP contribution in [-0.2, 0) is 16.1 Å². The van der Waals surface area contributed by atoms with E-state index in [1.54, 1.807) is 24.9 Å². The van der Waals surface area contributed by atoms with Gasteiger partial charge in [0.2, 0.25) is 0 Å². The lowest BCUT2D eigenvalue weighted by Gasteiger charge is -2.36. The van der Waals surface area contributed by atoms with E-state index in [-0.39, 0.29) is 30.9 Å². The number of urea groups is 1. The maximum Gasteiger partial charge on any atom is 0.323 e. The Kier molecular flexibility index (Phi) is 9.48. The standard InChI is InChI=1S/C24H31F2N3O4S2/c1-15-4-8-18(9-5-15)29(10-11-33-14-16-6-7-17(25)12-19(16)26)23(32)28-22-27-13-20(34-22)35-24(2,3)21(30)31/h6-7,12-13,15,18H,4-5,8-11,14H2,1-3H3,(H,30,31)(H,27,28,32)/t15-,18-. The number of thioether (sulfide) groups is 1. The van der Waals surface area contributed by atoms with Crippen LogP contribution in [0.4, 0.5) is 18.7 Å². The van der Waals surface area contributed by atoms with Crippen LogP contribution in [0, 0.1) is 17.6 Å². The monoisotopic (exact) mass is 527 g/mol. The number of ether oxygens (including phenoxy) is 1. The fraction of sp³-hybridized carbons (Fsp3) is 0.542. The topological polar surface area (TPSA) is 91.8 Å². The van der Waals surface area contributed by atoms with Gasteiger partial charge in [-0.3, -0.25) is 10.1 Å². The zero-order valence-corrected chi connectivity index (χ0v) is 21.7. The van der Waals surface area contributed by atoms with E-state index < -0.39 is 22.4 Å². The predicted molar refractivity (Wildman–Crippen MR) is 133 cm³/mol. The number of aliphatic carboxylic acids is 1. The third-order valence-electron chi connectivity index (χ3n) is 6.01. The second kappa shape index (κ2) is 12.1. The molecule has 1 aliphatic carbocycles. The van der Waals surface area contributed by atoms with Gasteiger partial charge in [0.05, 0.1) is 23.6 Å². The molecule has 1 heterocycles. The first-order valence-corrected chi connectivity index (χ1v) is 13.2. The number of aromatic nitrogens is 1. The van der Waals surface area contributed by atoms with Gasteiger partial charge in [-0.2, -0.15) is 0 Å². The van der Waals surface area contributed by atoms with Crippen molar-refractivity contribution in [1.29, 1.82) is 0 Å². The summed E-state index contributed by atoms with van der Waals surface area (Å²) in [4.78, 5) is 30.5. The highest BCUT2D eigenvalue weighted by Gasteiger charge is 2.30. The van der Waals surface area contributed by atoms with Crippen LogP contribution in [0.5, 0.6) is 0 Å². The molecule has 1 aliphatic rings. The molecule has 0 unspecified atom stereocenters. The highest BCUT2D eigenvalue weighted by molar-refractivity contribution is 8.03. The number of hydrogen-bond acceptors (Lipinski definition) is 6. The number of nitrogens with zero attached hydrogens (tertiary/aromatic N) is 2. The first kappa shape index (κ1) is 27.3. The fourth-order valence-electron chi connectivity index (χ4n) is 3.81. The minimum Gasteiger partial charge on any atom is -0.480 e. The van der Waals surface area contributed by atoms with Crippen LogP contribution in [-0.4, -0.2) is 50.9 Å². The molecule has 0 spiro atoms. The summed E-state index contributed by atoms with van der Waals surface area (Å²) < 4.78 is 32.2. The van der Waals surface area contributed by atoms with Gasteiger partial charge in [-0.05, 0) is 51.5 Å². The normalized spacial score (nSPS) is 18.3. The number of carboxylic acid groups (broad SMARTS) is 1. The Morgan fingerprint density at radius 2 is 2.00 bits per heavy atom. The molecule has 1 aromatic heterocycles. The summed E-state index contributed by atoms with van der Waals surface area (Å²) in [7, 11) is 0. The van der Waals surface area contributed by atoms with Gasteiger partial charge in [-0.25, -0.2) is 18.6 Å². The van der Waals surface area contributed by atoms with Gasteiger partial charge in [0.15, 0.2) is 5.13 Å². The molecule has 35 heavy (non-hydrogen) atoms. The minimum atomic E-state index is -1.01. The Morgan fingerprint density at radius 1 is 1.29 bits per heavy atom. The number of amides is 2. The third kappa shape index (κ3) is 7.88. The second-order valence-corrected chi connectivity index (χ2v) is 12.2. The SMILES string of the molecule is CC(C)(Sc1cnc(NC(=O)N(CCOCc2ccc(F)cc2F)[C@H]2CC[C@H](C)CC2)s1)C(=O)O. The molecule has 2 aromatic rings. The number of hydrogen-bond donors (Lipinski definition) is 2. The number of carbonyl (C=O) groups is 2. The quantitative estimate of drug-likeness (QED) is 0.291. The lowest BCUT2D eigenvalue weighted by Crippen LogP contribution is -2.46. The Bertz CT molecular complexity index is 1030. The molecule has 0 bridgehead atoms. The van der Waals surface area contributed by atoms with Crippen molar-refractivity contribution in [3.63, 3.8) is 0 Å². The highest BCUT2D eigenvalue weighted by Crippen LogP contribution is 2.37. The van der Waals surface area contributed by atoms with Gasteiger partial charge in [0, 0.05) is 24.2 Å². The summed E-state index contributed by atoms with van der Waals surface area (Å²) in [5, 5.41) is 12.6. The molecule has 1 aromatic carbocycles. The Labute approximate surface area is 212 Å². The molecule has 1 fully saturated rings. The number of carbonyl (C=O) groups excluding carboxylic acids is 1. The second-order valence-electron chi connectivity index (χ2n) is 9.23. The van der Waals surface area contributed by atoms with Gasteiger partial charge in [0.1, 0.15) is 16.4 Å². The van der Waals surface area contributed by atoms with E-state index in [0.717, 1.165) is 31.7 Å². The van der Waals surface area contributed by atoms with Crippen molar-refractivity contribution in [2.24, 2.45) is 5.92 Å². The van der Waals surface area contributed by atoms with Crippen LogP contribution in [0.3, 0.4) is 0 Å². The minimum absolute atomic E-state index is 0.0182. The number of thiazole rings is 1. The highest BCUT2D eigenvalue weighted by atomic mass is 32.2. The van der Waals surface area contributed by atoms with E-state index in [1.807, 2.05) is 0 Å². The Morgan fingerprint density at radius 3 is 2.66 bits per heavy atom. The molecule has 0 atom stereocenters. The molecule has 192 valence electrons. The van der Waals surface area contributed by atoms with Crippen molar-refractivity contribution in [3.05, 3.63) is 41.6 Å². The Balaban J connectivity index is 1.60. The lowest BCUT2D eigenvalue weighted by atomic mass is 9.86. The fourth-order valence-corrected chi connectivity index (χ4v) is 6.07. The van der Waals surface area contributed by atoms with Crippen molar-refractivity contribution in [2.75, 3.05) is 18.5 Å². The van der Waals surface area contributed by atoms with Crippen molar-refractivity contribution in [3.8, 4) is 0 Å². The maximum atomic E-state index is 13.8. The molecule has 7 nitrogen and oxygen atoms in total. The van der Waals surface area contributed by atoms with E-state index in [1.165, 1.54) is 35.2 Å². The van der Waals surface area contributed by atoms with Crippen LogP contribution >= 0.6 is 23.1 Å². The molecule has 3 rings (SSSR count). The number of nitrogens with one attached hydrogen (secondary N) is 1. The summed E-state index contributed by atoms with van der Waals surface area (Å²) in [6, 6.07) is 3.10. The zero-order valence-electron chi connectivity index (χ0n) is 20.1. The number of anilines is 1. The summed E-state index contributed by atoms with van der Waals surface area (Å²) >= 11 is 2.40. The maximum absolute atomic E-state index is 13.8. The molecule has 0 aliphatic heterocycles. The largest absolute Gasteiger partial charge is 0.480 e. The first-order valence-electron chi connectivity index (χ1n) is 11.5. The Hall–Kier alpha value is -2.24. The van der Waals surface area contributed by atoms with Gasteiger partial charge in [-0.15, -0.1) is 0 Å². The zero-order chi connectivity index (χ0) is 25.6. The molecule has 2 N–H and O–H groups in total. The molecule has 1 saturated carbocycles. The molecule has 0 saturated heterocycles. The van der Waals surface area contributed by atoms with E-state index in [4.69, 9.17) is 4.74 Å². The van der Waals surface area contributed by atoms with Crippen molar-refractivity contribution < 1.29 is 28.2 Å². The van der Waals surface area contributed by atoms with Crippen LogP contribution in [0.2, 0.25) is 0 Å². The molecular weight excluding hydrogens is 496 g/mol. The van der Waals surface area contributed by atoms with Crippen LogP contribution in [0.1, 0.15) is 52.0 Å². The van der Waals surface area contributed by atoms with Gasteiger partial charge < -0.3 is 14.7 Å². The smallest absolute Gasteiger partial charge is 0.323 e. The van der Waals surface area contributed by atoms with Crippen molar-refractivity contribution in [1.82, 2.24) is 9.88 Å². The predicted octanol–water partition coefficient (Wildman–Crippen LogP) is 6.01. The van der Waals surface area contributed by atoms with E-state index >= 15 is 0 Å². The summed E-state index contributed by atoms with van der Waals surface area (Å²) in [6.07, 6.45) is 5.37. The number of benzene rings is 1. The average molecular weight is 528 g/mol. The van der Waals surface area contributed by atoms with Crippen molar-refractivity contribution >= 4 is 40.2 Å². The van der Waals surface area contributed by atoms with Crippen LogP contribution in [0.15, 0.2) is 28.6 Å². The molecule has 0 radical (unpaired) electrons. The average Bonchev–Trinajstić information content (AvgIpc) is 3.21. The van der Waals surface area contributed by atoms with E-state index in [9.17, 15) is 23.5 Å². The molecular formula is C24H31F2N3O4S2. The lowest BCUT2D eigenvalue weighted by molar-refractivity contribution is -0.138. The molecule has 2 amide bonds. The number of rotatable bonds is 10. The van der Waals surface area contributed by atoms with Crippen LogP contribution < -0.4 is 5.32 Å². The summed E-state index contributed by atoms with van der Waals surface area (Å²) in [5.74, 6) is -1.62. The summed E-state index contributed by atoms with van der Waals surface area (Å²) in [6.45, 7) is 5.92. The van der Waals surface area contributed by atoms with E-state index in [2.05, 4.69) is 17.2 Å². The van der Waals surface area contributed by atoms with Crippen LogP contribution in [0.25, 0.3) is 0 Å².